The lowest BCUT2D eigenvalue weighted by Crippen LogP contribution is -2.32. The second kappa shape index (κ2) is 8.79. The third kappa shape index (κ3) is 4.22. The van der Waals surface area contributed by atoms with Crippen LogP contribution < -0.4 is 4.80 Å². The van der Waals surface area contributed by atoms with E-state index in [-0.39, 0.29) is 10.6 Å². The van der Waals surface area contributed by atoms with E-state index in [2.05, 4.69) is 55.8 Å². The second-order valence-electron chi connectivity index (χ2n) is 8.74. The Morgan fingerprint density at radius 2 is 1.84 bits per heavy atom. The second-order valence-corrected chi connectivity index (χ2v) is 9.58. The van der Waals surface area contributed by atoms with Crippen molar-refractivity contribution in [1.29, 1.82) is 0 Å². The van der Waals surface area contributed by atoms with Gasteiger partial charge in [0, 0.05) is 23.6 Å². The van der Waals surface area contributed by atoms with Crippen LogP contribution in [0.15, 0.2) is 52.8 Å². The van der Waals surface area contributed by atoms with Crippen LogP contribution in [0.2, 0.25) is 0 Å². The van der Waals surface area contributed by atoms with E-state index in [0.29, 0.717) is 17.9 Å². The molecule has 0 radical (unpaired) electrons. The number of hydrogen-bond acceptors (Lipinski definition) is 4. The van der Waals surface area contributed by atoms with Gasteiger partial charge in [-0.25, -0.2) is 4.99 Å². The molecule has 3 unspecified atom stereocenters. The summed E-state index contributed by atoms with van der Waals surface area (Å²) >= 11 is 1.65. The molecular formula is C25H29N3O2S. The summed E-state index contributed by atoms with van der Waals surface area (Å²) in [6.45, 7) is 8.93. The fraction of sp³-hybridized carbons (Fsp3) is 0.400. The first-order chi connectivity index (χ1) is 14.9. The molecule has 6 heteroatoms. The quantitative estimate of drug-likeness (QED) is 0.328. The van der Waals surface area contributed by atoms with Crippen molar-refractivity contribution in [1.82, 2.24) is 4.57 Å². The fourth-order valence-corrected chi connectivity index (χ4v) is 5.53. The van der Waals surface area contributed by atoms with Crippen molar-refractivity contribution in [3.8, 4) is 11.3 Å². The van der Waals surface area contributed by atoms with Crippen molar-refractivity contribution < 1.29 is 4.92 Å². The number of aryl methyl sites for hydroxylation is 1. The summed E-state index contributed by atoms with van der Waals surface area (Å²) in [4.78, 5) is 16.8. The highest BCUT2D eigenvalue weighted by Crippen LogP contribution is 2.40. The molecule has 5 nitrogen and oxygen atoms in total. The SMILES string of the molecule is Cc1cccc(N=c2scc(-c3ccc([N+](=O)[O-])cc3)n2C2CCCC(C)C2C)c1C. The number of non-ortho nitro benzene ring substituents is 1. The van der Waals surface area contributed by atoms with Crippen LogP contribution in [-0.4, -0.2) is 9.49 Å². The molecule has 4 rings (SSSR count). The highest BCUT2D eigenvalue weighted by atomic mass is 32.1. The lowest BCUT2D eigenvalue weighted by Gasteiger charge is -2.36. The van der Waals surface area contributed by atoms with Gasteiger partial charge in [0.1, 0.15) is 0 Å². The van der Waals surface area contributed by atoms with Crippen LogP contribution in [-0.2, 0) is 0 Å². The summed E-state index contributed by atoms with van der Waals surface area (Å²) in [7, 11) is 0. The van der Waals surface area contributed by atoms with Crippen molar-refractivity contribution >= 4 is 22.7 Å². The molecule has 162 valence electrons. The van der Waals surface area contributed by atoms with E-state index < -0.39 is 0 Å². The molecule has 3 atom stereocenters. The molecule has 1 heterocycles. The number of hydrogen-bond donors (Lipinski definition) is 0. The van der Waals surface area contributed by atoms with Gasteiger partial charge < -0.3 is 4.57 Å². The Labute approximate surface area is 187 Å². The smallest absolute Gasteiger partial charge is 0.269 e. The maximum atomic E-state index is 11.1. The van der Waals surface area contributed by atoms with Crippen LogP contribution in [0.5, 0.6) is 0 Å². The minimum atomic E-state index is -0.350. The molecule has 0 N–H and O–H groups in total. The van der Waals surface area contributed by atoms with Gasteiger partial charge in [-0.3, -0.25) is 10.1 Å². The molecule has 31 heavy (non-hydrogen) atoms. The lowest BCUT2D eigenvalue weighted by atomic mass is 9.78. The minimum absolute atomic E-state index is 0.116. The molecule has 1 fully saturated rings. The van der Waals surface area contributed by atoms with Crippen LogP contribution in [0.4, 0.5) is 11.4 Å². The van der Waals surface area contributed by atoms with Crippen molar-refractivity contribution in [2.24, 2.45) is 16.8 Å². The van der Waals surface area contributed by atoms with Gasteiger partial charge in [-0.2, -0.15) is 0 Å². The van der Waals surface area contributed by atoms with E-state index in [4.69, 9.17) is 4.99 Å². The van der Waals surface area contributed by atoms with E-state index in [1.165, 1.54) is 24.0 Å². The van der Waals surface area contributed by atoms with Crippen LogP contribution in [0.3, 0.4) is 0 Å². The van der Waals surface area contributed by atoms with Crippen LogP contribution >= 0.6 is 11.3 Å². The van der Waals surface area contributed by atoms with E-state index in [0.717, 1.165) is 28.2 Å². The molecule has 3 aromatic rings. The standard InChI is InChI=1S/C25H29N3O2S/c1-16-7-5-9-22(18(16)3)26-25-27(23-10-6-8-17(2)19(23)4)24(15-31-25)20-11-13-21(14-12-20)28(29)30/h5,7,9,11-15,17,19,23H,6,8,10H2,1-4H3. The molecule has 1 aromatic heterocycles. The van der Waals surface area contributed by atoms with Gasteiger partial charge in [0.25, 0.3) is 5.69 Å². The van der Waals surface area contributed by atoms with Gasteiger partial charge in [0.2, 0.25) is 0 Å². The number of nitro benzene ring substituents is 1. The lowest BCUT2D eigenvalue weighted by molar-refractivity contribution is -0.384. The molecule has 1 aliphatic rings. The number of nitrogens with zero attached hydrogens (tertiary/aromatic N) is 3. The van der Waals surface area contributed by atoms with Gasteiger partial charge in [0.15, 0.2) is 4.80 Å². The highest BCUT2D eigenvalue weighted by molar-refractivity contribution is 7.07. The average molecular weight is 436 g/mol. The Morgan fingerprint density at radius 1 is 1.10 bits per heavy atom. The van der Waals surface area contributed by atoms with Crippen LogP contribution in [0.25, 0.3) is 11.3 Å². The first-order valence-corrected chi connectivity index (χ1v) is 11.8. The topological polar surface area (TPSA) is 60.4 Å². The highest BCUT2D eigenvalue weighted by Gasteiger charge is 2.30. The van der Waals surface area contributed by atoms with Crippen LogP contribution in [0.1, 0.15) is 50.3 Å². The van der Waals surface area contributed by atoms with Gasteiger partial charge >= 0.3 is 0 Å². The van der Waals surface area contributed by atoms with E-state index in [1.54, 1.807) is 23.5 Å². The number of thiazole rings is 1. The van der Waals surface area contributed by atoms with E-state index in [1.807, 2.05) is 12.1 Å². The van der Waals surface area contributed by atoms with Crippen LogP contribution in [0, 0.1) is 35.8 Å². The molecule has 0 aliphatic heterocycles. The van der Waals surface area contributed by atoms with Gasteiger partial charge in [-0.05, 0) is 67.0 Å². The first-order valence-electron chi connectivity index (χ1n) is 10.9. The Kier molecular flexibility index (Phi) is 6.10. The molecule has 1 saturated carbocycles. The maximum absolute atomic E-state index is 11.1. The minimum Gasteiger partial charge on any atom is -0.313 e. The summed E-state index contributed by atoms with van der Waals surface area (Å²) in [5, 5.41) is 13.2. The normalized spacial score (nSPS) is 21.9. The van der Waals surface area contributed by atoms with Crippen molar-refractivity contribution in [3.05, 3.63) is 73.9 Å². The zero-order valence-electron chi connectivity index (χ0n) is 18.5. The summed E-state index contributed by atoms with van der Waals surface area (Å²) in [6.07, 6.45) is 3.60. The number of nitro groups is 1. The molecule has 0 amide bonds. The third-order valence-electron chi connectivity index (χ3n) is 6.90. The van der Waals surface area contributed by atoms with Gasteiger partial charge in [-0.1, -0.05) is 38.8 Å². The van der Waals surface area contributed by atoms with Crippen molar-refractivity contribution in [2.45, 2.75) is 53.0 Å². The summed E-state index contributed by atoms with van der Waals surface area (Å²) in [6, 6.07) is 13.5. The molecule has 0 saturated heterocycles. The maximum Gasteiger partial charge on any atom is 0.269 e. The van der Waals surface area contributed by atoms with Gasteiger partial charge in [0.05, 0.1) is 16.3 Å². The molecule has 0 spiro atoms. The Bertz CT molecular complexity index is 1160. The van der Waals surface area contributed by atoms with E-state index in [9.17, 15) is 10.1 Å². The summed E-state index contributed by atoms with van der Waals surface area (Å²) < 4.78 is 2.40. The first kappa shape index (κ1) is 21.5. The number of aromatic nitrogens is 1. The average Bonchev–Trinajstić information content (AvgIpc) is 3.16. The Morgan fingerprint density at radius 3 is 2.55 bits per heavy atom. The predicted molar refractivity (Wildman–Crippen MR) is 127 cm³/mol. The van der Waals surface area contributed by atoms with Crippen molar-refractivity contribution in [2.75, 3.05) is 0 Å². The zero-order chi connectivity index (χ0) is 22.1. The largest absolute Gasteiger partial charge is 0.313 e. The molecule has 2 aromatic carbocycles. The van der Waals surface area contributed by atoms with E-state index >= 15 is 0 Å². The Hall–Kier alpha value is -2.73. The number of rotatable bonds is 4. The predicted octanol–water partition coefficient (Wildman–Crippen LogP) is 6.97. The molecular weight excluding hydrogens is 406 g/mol. The zero-order valence-corrected chi connectivity index (χ0v) is 19.4. The Balaban J connectivity index is 1.89. The fourth-order valence-electron chi connectivity index (χ4n) is 4.56. The third-order valence-corrected chi connectivity index (χ3v) is 7.74. The van der Waals surface area contributed by atoms with Gasteiger partial charge in [-0.15, -0.1) is 11.3 Å². The number of benzene rings is 2. The van der Waals surface area contributed by atoms with Crippen molar-refractivity contribution in [3.63, 3.8) is 0 Å². The molecule has 1 aliphatic carbocycles. The monoisotopic (exact) mass is 435 g/mol. The molecule has 0 bridgehead atoms. The summed E-state index contributed by atoms with van der Waals surface area (Å²) in [5.74, 6) is 1.20. The summed E-state index contributed by atoms with van der Waals surface area (Å²) in [5.41, 5.74) is 5.64.